The van der Waals surface area contributed by atoms with Crippen molar-refractivity contribution in [3.8, 4) is 18.5 Å². The Kier molecular flexibility index (Phi) is 11.9. The number of nitrogens with zero attached hydrogens (tertiary/aromatic N) is 2. The van der Waals surface area contributed by atoms with Gasteiger partial charge in [-0.25, -0.2) is 0 Å². The summed E-state index contributed by atoms with van der Waals surface area (Å²) in [7, 11) is 0. The van der Waals surface area contributed by atoms with E-state index in [9.17, 15) is 4.79 Å². The first-order valence-electron chi connectivity index (χ1n) is 10.6. The Morgan fingerprint density at radius 2 is 2.00 bits per heavy atom. The van der Waals surface area contributed by atoms with E-state index < -0.39 is 0 Å². The third-order valence-electron chi connectivity index (χ3n) is 4.99. The molecule has 0 aromatic heterocycles. The van der Waals surface area contributed by atoms with Gasteiger partial charge in [0.2, 0.25) is 0 Å². The van der Waals surface area contributed by atoms with Crippen molar-refractivity contribution < 1.29 is 4.79 Å². The number of piperidine rings is 1. The van der Waals surface area contributed by atoms with E-state index in [2.05, 4.69) is 29.5 Å². The number of anilines is 1. The van der Waals surface area contributed by atoms with Crippen LogP contribution in [0.25, 0.3) is 0 Å². The molecule has 1 saturated heterocycles. The number of nitriles is 1. The van der Waals surface area contributed by atoms with Crippen LogP contribution in [0.1, 0.15) is 49.4 Å². The third-order valence-corrected chi connectivity index (χ3v) is 4.99. The highest BCUT2D eigenvalue weighted by Gasteiger charge is 2.30. The standard InChI is InChI=1S/C15H19N3O.C8H10N2.C3H4/c1-12-6-5-9-18(10-12)14(15(19)17-11-16)13-7-3-2-4-8-13;1-6-2-3-8(10)7(4-6)5-9;1-3-2/h2-4,7-8,12,14H,5-6,9-10H2,1H3,(H,17,19);2-5,9H,10H2,1H3;1H,2H3. The van der Waals surface area contributed by atoms with Crippen molar-refractivity contribution >= 4 is 17.8 Å². The first kappa shape index (κ1) is 26.4. The van der Waals surface area contributed by atoms with E-state index in [1.165, 1.54) is 12.6 Å². The van der Waals surface area contributed by atoms with Crippen LogP contribution in [-0.4, -0.2) is 30.1 Å². The van der Waals surface area contributed by atoms with E-state index in [0.29, 0.717) is 11.6 Å². The van der Waals surface area contributed by atoms with Crippen LogP contribution in [0, 0.1) is 42.0 Å². The molecule has 6 heteroatoms. The van der Waals surface area contributed by atoms with Gasteiger partial charge >= 0.3 is 0 Å². The highest BCUT2D eigenvalue weighted by molar-refractivity contribution is 5.85. The van der Waals surface area contributed by atoms with Crippen molar-refractivity contribution in [1.82, 2.24) is 10.2 Å². The van der Waals surface area contributed by atoms with Gasteiger partial charge in [-0.15, -0.1) is 12.3 Å². The predicted molar refractivity (Wildman–Crippen MR) is 131 cm³/mol. The molecule has 1 aliphatic rings. The normalized spacial score (nSPS) is 15.8. The minimum absolute atomic E-state index is 0.234. The smallest absolute Gasteiger partial charge is 0.254 e. The number of hydrogen-bond acceptors (Lipinski definition) is 5. The second-order valence-corrected chi connectivity index (χ2v) is 7.72. The van der Waals surface area contributed by atoms with Crippen LogP contribution in [0.15, 0.2) is 48.5 Å². The number of likely N-dealkylation sites (tertiary alicyclic amines) is 1. The molecule has 168 valence electrons. The molecule has 1 fully saturated rings. The summed E-state index contributed by atoms with van der Waals surface area (Å²) in [6.07, 6.45) is 9.91. The first-order valence-corrected chi connectivity index (χ1v) is 10.6. The van der Waals surface area contributed by atoms with Gasteiger partial charge in [-0.3, -0.25) is 15.0 Å². The Labute approximate surface area is 191 Å². The number of nitrogens with two attached hydrogens (primary N) is 1. The lowest BCUT2D eigenvalue weighted by molar-refractivity contribution is -0.126. The number of nitrogens with one attached hydrogen (secondary N) is 2. The van der Waals surface area contributed by atoms with Crippen LogP contribution < -0.4 is 11.1 Å². The second-order valence-electron chi connectivity index (χ2n) is 7.72. The number of carbonyl (C=O) groups is 1. The topological polar surface area (TPSA) is 106 Å². The summed E-state index contributed by atoms with van der Waals surface area (Å²) in [6.45, 7) is 7.64. The number of nitrogen functional groups attached to an aromatic ring is 1. The zero-order chi connectivity index (χ0) is 23.9. The molecule has 1 amide bonds. The average molecular weight is 432 g/mol. The summed E-state index contributed by atoms with van der Waals surface area (Å²) < 4.78 is 0. The van der Waals surface area contributed by atoms with Crippen LogP contribution >= 0.6 is 0 Å². The maximum atomic E-state index is 12.2. The number of terminal acetylenes is 1. The molecule has 2 aromatic rings. The highest BCUT2D eigenvalue weighted by Crippen LogP contribution is 2.27. The zero-order valence-corrected chi connectivity index (χ0v) is 19.1. The molecule has 32 heavy (non-hydrogen) atoms. The quantitative estimate of drug-likeness (QED) is 0.221. The largest absolute Gasteiger partial charge is 0.398 e. The maximum absolute atomic E-state index is 12.2. The third kappa shape index (κ3) is 8.63. The van der Waals surface area contributed by atoms with Gasteiger partial charge in [0.15, 0.2) is 6.19 Å². The SMILES string of the molecule is C#CC.CC1CCCN(C(C(=O)NC#N)c2ccccc2)C1.Cc1ccc(N)c(C=N)c1. The minimum Gasteiger partial charge on any atom is -0.398 e. The van der Waals surface area contributed by atoms with Crippen molar-refractivity contribution in [3.63, 3.8) is 0 Å². The van der Waals surface area contributed by atoms with E-state index in [4.69, 9.17) is 16.4 Å². The van der Waals surface area contributed by atoms with Crippen molar-refractivity contribution in [3.05, 3.63) is 65.2 Å². The molecule has 0 spiro atoms. The van der Waals surface area contributed by atoms with E-state index in [0.717, 1.165) is 36.2 Å². The van der Waals surface area contributed by atoms with Gasteiger partial charge in [0.1, 0.15) is 6.04 Å². The Morgan fingerprint density at radius 1 is 1.34 bits per heavy atom. The molecular formula is C26H33N5O. The van der Waals surface area contributed by atoms with Gasteiger partial charge in [-0.05, 0) is 56.8 Å². The fourth-order valence-corrected chi connectivity index (χ4v) is 3.57. The van der Waals surface area contributed by atoms with Gasteiger partial charge < -0.3 is 11.1 Å². The van der Waals surface area contributed by atoms with Gasteiger partial charge in [0.25, 0.3) is 5.91 Å². The molecule has 4 N–H and O–H groups in total. The molecule has 2 atom stereocenters. The fourth-order valence-electron chi connectivity index (χ4n) is 3.57. The number of amides is 1. The summed E-state index contributed by atoms with van der Waals surface area (Å²) in [5.74, 6) is 2.61. The summed E-state index contributed by atoms with van der Waals surface area (Å²) in [5, 5.41) is 17.9. The number of rotatable bonds is 4. The maximum Gasteiger partial charge on any atom is 0.254 e. The lowest BCUT2D eigenvalue weighted by Crippen LogP contribution is -2.43. The summed E-state index contributed by atoms with van der Waals surface area (Å²) >= 11 is 0. The minimum atomic E-state index is -0.358. The van der Waals surface area contributed by atoms with Gasteiger partial charge in [0.05, 0.1) is 0 Å². The van der Waals surface area contributed by atoms with E-state index >= 15 is 0 Å². The molecule has 0 radical (unpaired) electrons. The Hall–Kier alpha value is -3.61. The molecule has 2 aromatic carbocycles. The highest BCUT2D eigenvalue weighted by atomic mass is 16.2. The zero-order valence-electron chi connectivity index (χ0n) is 19.1. The molecule has 0 aliphatic carbocycles. The average Bonchev–Trinajstić information content (AvgIpc) is 2.78. The number of aryl methyl sites for hydroxylation is 1. The number of carbonyl (C=O) groups excluding carboxylic acids is 1. The van der Waals surface area contributed by atoms with Crippen LogP contribution in [-0.2, 0) is 4.79 Å². The Morgan fingerprint density at radius 3 is 2.53 bits per heavy atom. The second kappa shape index (κ2) is 14.4. The van der Waals surface area contributed by atoms with Gasteiger partial charge in [0, 0.05) is 24.0 Å². The molecule has 0 bridgehead atoms. The Balaban J connectivity index is 0.000000330. The van der Waals surface area contributed by atoms with Crippen LogP contribution in [0.5, 0.6) is 0 Å². The molecule has 2 unspecified atom stereocenters. The van der Waals surface area contributed by atoms with Crippen molar-refractivity contribution in [2.75, 3.05) is 18.8 Å². The van der Waals surface area contributed by atoms with Crippen molar-refractivity contribution in [2.24, 2.45) is 5.92 Å². The summed E-state index contributed by atoms with van der Waals surface area (Å²) in [6, 6.07) is 15.0. The lowest BCUT2D eigenvalue weighted by Gasteiger charge is -2.36. The molecule has 1 heterocycles. The Bertz CT molecular complexity index is 943. The van der Waals surface area contributed by atoms with Gasteiger partial charge in [-0.2, -0.15) is 5.26 Å². The van der Waals surface area contributed by atoms with Crippen molar-refractivity contribution in [1.29, 1.82) is 10.7 Å². The monoisotopic (exact) mass is 431 g/mol. The summed E-state index contributed by atoms with van der Waals surface area (Å²) in [4.78, 5) is 14.4. The summed E-state index contributed by atoms with van der Waals surface area (Å²) in [5.41, 5.74) is 9.09. The van der Waals surface area contributed by atoms with Crippen molar-refractivity contribution in [2.45, 2.75) is 39.7 Å². The predicted octanol–water partition coefficient (Wildman–Crippen LogP) is 4.27. The van der Waals surface area contributed by atoms with Crippen LogP contribution in [0.3, 0.4) is 0 Å². The van der Waals surface area contributed by atoms with Crippen LogP contribution in [0.2, 0.25) is 0 Å². The molecular weight excluding hydrogens is 398 g/mol. The lowest BCUT2D eigenvalue weighted by atomic mass is 9.96. The van der Waals surface area contributed by atoms with E-state index in [-0.39, 0.29) is 11.9 Å². The molecule has 1 aliphatic heterocycles. The fraction of sp³-hybridized carbons (Fsp3) is 0.346. The van der Waals surface area contributed by atoms with E-state index in [1.54, 1.807) is 13.1 Å². The number of benzene rings is 2. The van der Waals surface area contributed by atoms with Gasteiger partial charge in [-0.1, -0.05) is 48.9 Å². The van der Waals surface area contributed by atoms with E-state index in [1.807, 2.05) is 55.5 Å². The first-order chi connectivity index (χ1) is 15.4. The molecule has 6 nitrogen and oxygen atoms in total. The molecule has 3 rings (SSSR count). The van der Waals surface area contributed by atoms with Crippen LogP contribution in [0.4, 0.5) is 5.69 Å². The number of hydrogen-bond donors (Lipinski definition) is 3. The molecule has 0 saturated carbocycles.